The lowest BCUT2D eigenvalue weighted by molar-refractivity contribution is -0.0188. The largest absolute Gasteiger partial charge is 0.508 e. The first kappa shape index (κ1) is 33.6. The van der Waals surface area contributed by atoms with E-state index in [4.69, 9.17) is 14.2 Å². The second-order valence-electron chi connectivity index (χ2n) is 12.4. The Kier molecular flexibility index (Phi) is 7.83. The average molecular weight is 717 g/mol. The SMILES string of the molecule is O=C(O[C@H]1Cc2c(O)cc(O)cc2OC1c1cc(O)c(=O)c2c(O)c(O)cc([C@H]3Oc4cc(O)cc(O)c4C[C@H]3O)c2c1)c1cc(O)c(O)c(O)c1. The summed E-state index contributed by atoms with van der Waals surface area (Å²) in [5, 5.41) is 114. The van der Waals surface area contributed by atoms with Gasteiger partial charge in [0.25, 0.3) is 0 Å². The molecule has 0 fully saturated rings. The van der Waals surface area contributed by atoms with Crippen molar-refractivity contribution in [2.75, 3.05) is 0 Å². The molecule has 2 heterocycles. The first-order valence-corrected chi connectivity index (χ1v) is 15.4. The first-order valence-electron chi connectivity index (χ1n) is 15.4. The summed E-state index contributed by atoms with van der Waals surface area (Å²) in [4.78, 5) is 27.0. The van der Waals surface area contributed by atoms with Crippen molar-refractivity contribution in [3.8, 4) is 69.0 Å². The molecule has 0 saturated carbocycles. The third-order valence-corrected chi connectivity index (χ3v) is 8.98. The van der Waals surface area contributed by atoms with E-state index in [2.05, 4.69) is 0 Å². The zero-order valence-electron chi connectivity index (χ0n) is 26.4. The highest BCUT2D eigenvalue weighted by molar-refractivity contribution is 5.94. The van der Waals surface area contributed by atoms with Crippen molar-refractivity contribution in [2.24, 2.45) is 0 Å². The summed E-state index contributed by atoms with van der Waals surface area (Å²) in [7, 11) is 0. The fourth-order valence-corrected chi connectivity index (χ4v) is 6.53. The predicted molar refractivity (Wildman–Crippen MR) is 176 cm³/mol. The molecule has 0 amide bonds. The van der Waals surface area contributed by atoms with Gasteiger partial charge in [0.05, 0.1) is 17.1 Å². The number of hydrogen-bond donors (Lipinski definition) is 11. The number of fused-ring (bicyclic) bond motifs is 3. The Morgan fingerprint density at radius 1 is 0.615 bits per heavy atom. The maximum absolute atomic E-state index is 13.6. The van der Waals surface area contributed by atoms with Gasteiger partial charge in [0.15, 0.2) is 46.7 Å². The lowest BCUT2D eigenvalue weighted by Gasteiger charge is -2.34. The zero-order valence-corrected chi connectivity index (χ0v) is 26.4. The summed E-state index contributed by atoms with van der Waals surface area (Å²) < 4.78 is 17.8. The van der Waals surface area contributed by atoms with E-state index in [-0.39, 0.29) is 63.5 Å². The highest BCUT2D eigenvalue weighted by atomic mass is 16.6. The van der Waals surface area contributed by atoms with Crippen molar-refractivity contribution < 1.29 is 75.2 Å². The molecular weight excluding hydrogens is 688 g/mol. The summed E-state index contributed by atoms with van der Waals surface area (Å²) in [6.45, 7) is 0. The monoisotopic (exact) mass is 716 g/mol. The van der Waals surface area contributed by atoms with Crippen LogP contribution < -0.4 is 14.9 Å². The van der Waals surface area contributed by atoms with Gasteiger partial charge in [-0.2, -0.15) is 0 Å². The third-order valence-electron chi connectivity index (χ3n) is 8.98. The number of aliphatic hydroxyl groups excluding tert-OH is 1. The summed E-state index contributed by atoms with van der Waals surface area (Å²) in [5.41, 5.74) is -1.58. The number of rotatable bonds is 4. The smallest absolute Gasteiger partial charge is 0.338 e. The van der Waals surface area contributed by atoms with E-state index in [1.54, 1.807) is 0 Å². The van der Waals surface area contributed by atoms with E-state index < -0.39 is 92.8 Å². The van der Waals surface area contributed by atoms with Gasteiger partial charge in [0.2, 0.25) is 5.43 Å². The standard InChI is InChI=1S/C36H28O16/c37-14-5-20(39)18-10-26(45)35(51-27(18)7-14)17-9-25(44)33(48)30-16(17)1-12(2-24(43)32(30)47)34-29(11-19-21(40)6-15(38)8-28(19)50-34)52-36(49)13-3-22(41)31(46)23(42)4-13/h1-9,26,29,34-35,37-42,44-46,48H,10-11H2,(H,43,47)/t26-,29+,34?,35-/m1/s1. The van der Waals surface area contributed by atoms with Crippen LogP contribution in [0.25, 0.3) is 10.8 Å². The van der Waals surface area contributed by atoms with Gasteiger partial charge in [0.1, 0.15) is 40.6 Å². The average Bonchev–Trinajstić information content (AvgIpc) is 3.20. The minimum absolute atomic E-state index is 0.0376. The van der Waals surface area contributed by atoms with Crippen LogP contribution in [0.3, 0.4) is 0 Å². The minimum Gasteiger partial charge on any atom is -0.508 e. The number of phenols is 9. The summed E-state index contributed by atoms with van der Waals surface area (Å²) in [6.07, 6.45) is -6.28. The maximum atomic E-state index is 13.6. The normalized spacial score (nSPS) is 19.2. The molecule has 16 nitrogen and oxygen atoms in total. The Morgan fingerprint density at radius 2 is 1.17 bits per heavy atom. The van der Waals surface area contributed by atoms with Crippen molar-refractivity contribution >= 4 is 16.7 Å². The molecule has 5 aromatic carbocycles. The number of esters is 1. The summed E-state index contributed by atoms with van der Waals surface area (Å²) >= 11 is 0. The number of hydrogen-bond acceptors (Lipinski definition) is 16. The number of carbonyl (C=O) groups is 1. The molecule has 16 heteroatoms. The van der Waals surface area contributed by atoms with Crippen molar-refractivity contribution in [3.05, 3.63) is 92.6 Å². The van der Waals surface area contributed by atoms with E-state index in [0.29, 0.717) is 0 Å². The van der Waals surface area contributed by atoms with Gasteiger partial charge in [-0.15, -0.1) is 0 Å². The minimum atomic E-state index is -1.48. The molecule has 2 aliphatic heterocycles. The van der Waals surface area contributed by atoms with Gasteiger partial charge in [-0.25, -0.2) is 4.79 Å². The van der Waals surface area contributed by atoms with Crippen LogP contribution in [0.5, 0.6) is 69.0 Å². The van der Waals surface area contributed by atoms with Crippen LogP contribution in [0, 0.1) is 0 Å². The number of aliphatic hydroxyl groups is 1. The molecule has 52 heavy (non-hydrogen) atoms. The molecule has 0 radical (unpaired) electrons. The van der Waals surface area contributed by atoms with E-state index in [9.17, 15) is 65.8 Å². The predicted octanol–water partition coefficient (Wildman–Crippen LogP) is 3.19. The highest BCUT2D eigenvalue weighted by Gasteiger charge is 2.39. The molecule has 0 aliphatic carbocycles. The van der Waals surface area contributed by atoms with E-state index >= 15 is 0 Å². The molecular formula is C36H28O16. The van der Waals surface area contributed by atoms with Gasteiger partial charge in [0, 0.05) is 59.4 Å². The maximum Gasteiger partial charge on any atom is 0.338 e. The van der Waals surface area contributed by atoms with E-state index in [1.165, 1.54) is 12.1 Å². The Hall–Kier alpha value is -6.94. The Labute approximate surface area is 290 Å². The molecule has 0 saturated heterocycles. The second kappa shape index (κ2) is 12.1. The second-order valence-corrected chi connectivity index (χ2v) is 12.4. The number of carbonyl (C=O) groups excluding carboxylic acids is 1. The quantitative estimate of drug-likeness (QED) is 0.0940. The number of benzene rings is 4. The lowest BCUT2D eigenvalue weighted by atomic mass is 9.90. The van der Waals surface area contributed by atoms with Gasteiger partial charge >= 0.3 is 5.97 Å². The molecule has 0 aromatic heterocycles. The van der Waals surface area contributed by atoms with Crippen molar-refractivity contribution in [1.29, 1.82) is 0 Å². The molecule has 5 aromatic rings. The van der Waals surface area contributed by atoms with Crippen LogP contribution >= 0.6 is 0 Å². The molecule has 0 spiro atoms. The van der Waals surface area contributed by atoms with Crippen LogP contribution in [0.15, 0.2) is 59.4 Å². The van der Waals surface area contributed by atoms with Crippen molar-refractivity contribution in [2.45, 2.75) is 37.3 Å². The molecule has 7 rings (SSSR count). The van der Waals surface area contributed by atoms with E-state index in [1.807, 2.05) is 0 Å². The van der Waals surface area contributed by atoms with Crippen molar-refractivity contribution in [1.82, 2.24) is 0 Å². The Morgan fingerprint density at radius 3 is 1.79 bits per heavy atom. The van der Waals surface area contributed by atoms with Gasteiger partial charge in [-0.1, -0.05) is 0 Å². The highest BCUT2D eigenvalue weighted by Crippen LogP contribution is 2.48. The third kappa shape index (κ3) is 5.56. The van der Waals surface area contributed by atoms with E-state index in [0.717, 1.165) is 42.5 Å². The van der Waals surface area contributed by atoms with Crippen LogP contribution in [0.2, 0.25) is 0 Å². The lowest BCUT2D eigenvalue weighted by Crippen LogP contribution is -2.34. The molecule has 268 valence electrons. The zero-order chi connectivity index (χ0) is 37.3. The van der Waals surface area contributed by atoms with Crippen LogP contribution in [-0.4, -0.2) is 74.3 Å². The Balaban J connectivity index is 1.41. The number of phenolic OH excluding ortho intramolecular Hbond substituents is 9. The molecule has 2 aliphatic rings. The van der Waals surface area contributed by atoms with Gasteiger partial charge < -0.3 is 70.4 Å². The Bertz CT molecular complexity index is 2370. The molecule has 11 N–H and O–H groups in total. The van der Waals surface area contributed by atoms with Gasteiger partial charge in [-0.3, -0.25) is 4.79 Å². The summed E-state index contributed by atoms with van der Waals surface area (Å²) in [6, 6.07) is 9.20. The topological polar surface area (TPSA) is 284 Å². The number of ether oxygens (including phenoxy) is 3. The molecule has 4 atom stereocenters. The van der Waals surface area contributed by atoms with Crippen molar-refractivity contribution in [3.63, 3.8) is 0 Å². The fraction of sp³-hybridized carbons (Fsp3) is 0.167. The molecule has 1 unspecified atom stereocenters. The van der Waals surface area contributed by atoms with Crippen LogP contribution in [0.4, 0.5) is 0 Å². The molecule has 0 bridgehead atoms. The van der Waals surface area contributed by atoms with Gasteiger partial charge in [-0.05, 0) is 35.7 Å². The number of aromatic hydroxyl groups is 10. The first-order chi connectivity index (χ1) is 24.6. The summed E-state index contributed by atoms with van der Waals surface area (Å²) in [5.74, 6) is -8.17. The van der Waals surface area contributed by atoms with Crippen LogP contribution in [0.1, 0.15) is 44.8 Å². The van der Waals surface area contributed by atoms with Crippen LogP contribution in [-0.2, 0) is 17.6 Å². The fourth-order valence-electron chi connectivity index (χ4n) is 6.53.